The average molecular weight is 380 g/mol. The van der Waals surface area contributed by atoms with Crippen LogP contribution in [0.4, 0.5) is 17.1 Å². The van der Waals surface area contributed by atoms with Gasteiger partial charge in [0.15, 0.2) is 5.76 Å². The van der Waals surface area contributed by atoms with Crippen LogP contribution in [-0.4, -0.2) is 15.6 Å². The Morgan fingerprint density at radius 2 is 1.75 bits per heavy atom. The summed E-state index contributed by atoms with van der Waals surface area (Å²) in [5.41, 5.74) is 4.11. The fraction of sp³-hybridized carbons (Fsp3) is 0.105. The largest absolute Gasteiger partial charge is 0.459 e. The highest BCUT2D eigenvalue weighted by Gasteiger charge is 2.20. The van der Waals surface area contributed by atoms with Gasteiger partial charge in [-0.1, -0.05) is 30.3 Å². The van der Waals surface area contributed by atoms with Crippen molar-refractivity contribution < 1.29 is 14.3 Å². The van der Waals surface area contributed by atoms with Crippen molar-refractivity contribution in [3.63, 3.8) is 0 Å². The first-order valence-corrected chi connectivity index (χ1v) is 8.26. The van der Waals surface area contributed by atoms with Crippen LogP contribution in [0.1, 0.15) is 18.4 Å². The van der Waals surface area contributed by atoms with Gasteiger partial charge in [-0.25, -0.2) is 0 Å². The van der Waals surface area contributed by atoms with Crippen molar-refractivity contribution in [1.82, 2.24) is 0 Å². The van der Waals surface area contributed by atoms with Gasteiger partial charge in [-0.05, 0) is 31.5 Å². The number of hydrogen-bond donors (Lipinski definition) is 1. The second-order valence-electron chi connectivity index (χ2n) is 5.99. The molecule has 0 bridgehead atoms. The number of nitro groups is 2. The summed E-state index contributed by atoms with van der Waals surface area (Å²) >= 11 is 0. The topological polar surface area (TPSA) is 124 Å². The maximum atomic E-state index is 11.2. The normalized spacial score (nSPS) is 11.3. The molecule has 9 heteroatoms. The van der Waals surface area contributed by atoms with Crippen LogP contribution in [0, 0.1) is 27.2 Å². The van der Waals surface area contributed by atoms with E-state index in [1.807, 2.05) is 43.3 Å². The predicted molar refractivity (Wildman–Crippen MR) is 104 cm³/mol. The maximum Gasteiger partial charge on any atom is 0.301 e. The number of nitro benzene ring substituents is 2. The molecule has 9 nitrogen and oxygen atoms in total. The lowest BCUT2D eigenvalue weighted by atomic mass is 10.0. The summed E-state index contributed by atoms with van der Waals surface area (Å²) < 4.78 is 5.75. The van der Waals surface area contributed by atoms with Gasteiger partial charge < -0.3 is 4.42 Å². The van der Waals surface area contributed by atoms with Crippen molar-refractivity contribution in [2.75, 3.05) is 5.43 Å². The Balaban J connectivity index is 1.94. The highest BCUT2D eigenvalue weighted by molar-refractivity contribution is 6.02. The summed E-state index contributed by atoms with van der Waals surface area (Å²) in [5.74, 6) is 1.23. The van der Waals surface area contributed by atoms with E-state index in [0.29, 0.717) is 17.2 Å². The predicted octanol–water partition coefficient (Wildman–Crippen LogP) is 4.91. The summed E-state index contributed by atoms with van der Waals surface area (Å²) in [4.78, 5) is 20.7. The van der Waals surface area contributed by atoms with Gasteiger partial charge in [-0.3, -0.25) is 25.7 Å². The van der Waals surface area contributed by atoms with Crippen molar-refractivity contribution in [2.24, 2.45) is 5.10 Å². The average Bonchev–Trinajstić information content (AvgIpc) is 3.08. The zero-order valence-corrected chi connectivity index (χ0v) is 15.1. The number of nitrogens with one attached hydrogen (secondary N) is 1. The Hall–Kier alpha value is -4.01. The van der Waals surface area contributed by atoms with Gasteiger partial charge in [0.2, 0.25) is 0 Å². The molecular weight excluding hydrogens is 364 g/mol. The lowest BCUT2D eigenvalue weighted by Crippen LogP contribution is -2.02. The molecule has 0 amide bonds. The molecule has 1 aromatic heterocycles. The first-order chi connectivity index (χ1) is 13.4. The van der Waals surface area contributed by atoms with Gasteiger partial charge in [0.1, 0.15) is 17.2 Å². The van der Waals surface area contributed by atoms with E-state index in [4.69, 9.17) is 4.42 Å². The molecule has 1 heterocycles. The fourth-order valence-corrected chi connectivity index (χ4v) is 2.69. The summed E-state index contributed by atoms with van der Waals surface area (Å²) in [7, 11) is 0. The summed E-state index contributed by atoms with van der Waals surface area (Å²) in [5, 5.41) is 26.2. The van der Waals surface area contributed by atoms with Crippen molar-refractivity contribution in [1.29, 1.82) is 0 Å². The molecule has 0 aliphatic carbocycles. The van der Waals surface area contributed by atoms with Gasteiger partial charge in [-0.15, -0.1) is 0 Å². The first-order valence-electron chi connectivity index (χ1n) is 8.26. The maximum absolute atomic E-state index is 11.2. The molecule has 0 unspecified atom stereocenters. The third-order valence-electron chi connectivity index (χ3n) is 4.00. The van der Waals surface area contributed by atoms with Gasteiger partial charge >= 0.3 is 5.69 Å². The molecule has 1 N–H and O–H groups in total. The number of rotatable bonds is 6. The molecule has 0 saturated carbocycles. The van der Waals surface area contributed by atoms with Crippen LogP contribution in [0.3, 0.4) is 0 Å². The third kappa shape index (κ3) is 3.88. The van der Waals surface area contributed by atoms with Crippen LogP contribution in [0.5, 0.6) is 0 Å². The number of benzene rings is 2. The Bertz CT molecular complexity index is 1070. The van der Waals surface area contributed by atoms with E-state index >= 15 is 0 Å². The lowest BCUT2D eigenvalue weighted by molar-refractivity contribution is -0.393. The second kappa shape index (κ2) is 7.70. The standard InChI is InChI=1S/C19H16N4O5/c1-12-10-16(14-6-4-3-5-7-14)19(28-12)13(2)20-21-17-9-8-15(22(24)25)11-18(17)23(26)27/h3-11,21H,1-2H3/b20-13+. The van der Waals surface area contributed by atoms with Crippen LogP contribution in [-0.2, 0) is 0 Å². The van der Waals surface area contributed by atoms with Gasteiger partial charge in [0.25, 0.3) is 5.69 Å². The molecule has 3 rings (SSSR count). The summed E-state index contributed by atoms with van der Waals surface area (Å²) in [6.45, 7) is 3.52. The van der Waals surface area contributed by atoms with Gasteiger partial charge in [0.05, 0.1) is 15.9 Å². The van der Waals surface area contributed by atoms with Crippen LogP contribution in [0.2, 0.25) is 0 Å². The molecule has 142 valence electrons. The van der Waals surface area contributed by atoms with E-state index in [1.165, 1.54) is 12.1 Å². The molecule has 0 aliphatic rings. The van der Waals surface area contributed by atoms with Crippen LogP contribution in [0.25, 0.3) is 11.1 Å². The lowest BCUT2D eigenvalue weighted by Gasteiger charge is -2.05. The quantitative estimate of drug-likeness (QED) is 0.368. The van der Waals surface area contributed by atoms with E-state index in [0.717, 1.165) is 17.2 Å². The molecule has 0 fully saturated rings. The zero-order chi connectivity index (χ0) is 20.3. The number of aryl methyl sites for hydroxylation is 1. The minimum atomic E-state index is -0.702. The molecular formula is C19H16N4O5. The van der Waals surface area contributed by atoms with Crippen molar-refractivity contribution in [3.8, 4) is 11.1 Å². The Kier molecular flexibility index (Phi) is 5.16. The van der Waals surface area contributed by atoms with E-state index in [2.05, 4.69) is 10.5 Å². The van der Waals surface area contributed by atoms with Crippen molar-refractivity contribution >= 4 is 22.8 Å². The van der Waals surface area contributed by atoms with E-state index < -0.39 is 15.5 Å². The van der Waals surface area contributed by atoms with Crippen LogP contribution < -0.4 is 5.43 Å². The molecule has 2 aromatic carbocycles. The highest BCUT2D eigenvalue weighted by atomic mass is 16.6. The summed E-state index contributed by atoms with van der Waals surface area (Å²) in [6, 6.07) is 14.8. The molecule has 0 saturated heterocycles. The molecule has 0 spiro atoms. The fourth-order valence-electron chi connectivity index (χ4n) is 2.69. The Morgan fingerprint density at radius 1 is 1.04 bits per heavy atom. The van der Waals surface area contributed by atoms with E-state index in [1.54, 1.807) is 6.92 Å². The summed E-state index contributed by atoms with van der Waals surface area (Å²) in [6.07, 6.45) is 0. The molecule has 0 atom stereocenters. The zero-order valence-electron chi connectivity index (χ0n) is 15.1. The monoisotopic (exact) mass is 380 g/mol. The molecule has 3 aromatic rings. The number of nitrogens with zero attached hydrogens (tertiary/aromatic N) is 3. The van der Waals surface area contributed by atoms with Crippen molar-refractivity contribution in [2.45, 2.75) is 13.8 Å². The number of furan rings is 1. The minimum absolute atomic E-state index is 0.0412. The van der Waals surface area contributed by atoms with Crippen LogP contribution in [0.15, 0.2) is 64.1 Å². The molecule has 0 radical (unpaired) electrons. The number of non-ortho nitro benzene ring substituents is 1. The second-order valence-corrected chi connectivity index (χ2v) is 5.99. The van der Waals surface area contributed by atoms with E-state index in [9.17, 15) is 20.2 Å². The highest BCUT2D eigenvalue weighted by Crippen LogP contribution is 2.30. The SMILES string of the molecule is C/C(=N\Nc1ccc([N+](=O)[O-])cc1[N+](=O)[O-])c1oc(C)cc1-c1ccccc1. The third-order valence-corrected chi connectivity index (χ3v) is 4.00. The van der Waals surface area contributed by atoms with E-state index in [-0.39, 0.29) is 11.4 Å². The van der Waals surface area contributed by atoms with Crippen molar-refractivity contribution in [3.05, 3.63) is 86.3 Å². The first kappa shape index (κ1) is 18.8. The molecule has 0 aliphatic heterocycles. The Labute approximate surface area is 159 Å². The molecule has 28 heavy (non-hydrogen) atoms. The smallest absolute Gasteiger partial charge is 0.301 e. The minimum Gasteiger partial charge on any atom is -0.459 e. The number of hydrazone groups is 1. The van der Waals surface area contributed by atoms with Gasteiger partial charge in [0, 0.05) is 11.6 Å². The van der Waals surface area contributed by atoms with Crippen LogP contribution >= 0.6 is 0 Å². The number of hydrogen-bond acceptors (Lipinski definition) is 7. The van der Waals surface area contributed by atoms with Gasteiger partial charge in [-0.2, -0.15) is 5.10 Å². The number of anilines is 1. The Morgan fingerprint density at radius 3 is 2.39 bits per heavy atom.